The molecular formula is C15H16N2O6. The molecule has 1 aliphatic heterocycles. The normalized spacial score (nSPS) is 15.1. The summed E-state index contributed by atoms with van der Waals surface area (Å²) in [4.78, 5) is 33.8. The number of ether oxygens (including phenoxy) is 3. The second-order valence-corrected chi connectivity index (χ2v) is 4.47. The molecular weight excluding hydrogens is 304 g/mol. The summed E-state index contributed by atoms with van der Waals surface area (Å²) in [6.45, 7) is 1.75. The minimum atomic E-state index is -0.567. The van der Waals surface area contributed by atoms with Crippen molar-refractivity contribution in [2.45, 2.75) is 6.92 Å². The van der Waals surface area contributed by atoms with Crippen LogP contribution in [-0.2, 0) is 14.3 Å². The number of carbonyl (C=O) groups is 3. The lowest BCUT2D eigenvalue weighted by Crippen LogP contribution is -2.22. The average molecular weight is 320 g/mol. The number of nitrogens with one attached hydrogen (secondary N) is 2. The molecule has 23 heavy (non-hydrogen) atoms. The largest absolute Gasteiger partial charge is 0.493 e. The molecule has 1 aromatic carbocycles. The lowest BCUT2D eigenvalue weighted by Gasteiger charge is -2.11. The Hall–Kier alpha value is -3.03. The van der Waals surface area contributed by atoms with Crippen molar-refractivity contribution < 1.29 is 28.6 Å². The molecule has 0 radical (unpaired) electrons. The van der Waals surface area contributed by atoms with E-state index in [1.807, 2.05) is 0 Å². The van der Waals surface area contributed by atoms with Gasteiger partial charge in [0.1, 0.15) is 5.70 Å². The highest BCUT2D eigenvalue weighted by Gasteiger charge is 2.22. The maximum Gasteiger partial charge on any atom is 0.344 e. The van der Waals surface area contributed by atoms with Gasteiger partial charge in [0.05, 0.1) is 13.7 Å². The lowest BCUT2D eigenvalue weighted by molar-refractivity contribution is -0.145. The van der Waals surface area contributed by atoms with E-state index in [0.29, 0.717) is 17.1 Å². The first kappa shape index (κ1) is 16.3. The molecule has 2 rings (SSSR count). The Morgan fingerprint density at radius 1 is 1.22 bits per heavy atom. The van der Waals surface area contributed by atoms with Crippen LogP contribution < -0.4 is 20.1 Å². The second kappa shape index (κ2) is 7.30. The van der Waals surface area contributed by atoms with Crippen molar-refractivity contribution in [2.24, 2.45) is 0 Å². The molecule has 1 fully saturated rings. The van der Waals surface area contributed by atoms with Crippen molar-refractivity contribution in [2.75, 3.05) is 20.3 Å². The highest BCUT2D eigenvalue weighted by Crippen LogP contribution is 2.29. The van der Waals surface area contributed by atoms with Crippen LogP contribution in [0.15, 0.2) is 23.9 Å². The fourth-order valence-electron chi connectivity index (χ4n) is 1.88. The van der Waals surface area contributed by atoms with Gasteiger partial charge in [-0.3, -0.25) is 10.1 Å². The average Bonchev–Trinajstić information content (AvgIpc) is 2.83. The molecule has 1 aromatic rings. The predicted octanol–water partition coefficient (Wildman–Crippen LogP) is 0.817. The first-order valence-corrected chi connectivity index (χ1v) is 6.84. The van der Waals surface area contributed by atoms with Gasteiger partial charge in [0.2, 0.25) is 0 Å². The smallest absolute Gasteiger partial charge is 0.344 e. The van der Waals surface area contributed by atoms with Crippen LogP contribution in [-0.4, -0.2) is 38.2 Å². The van der Waals surface area contributed by atoms with Crippen LogP contribution in [0, 0.1) is 0 Å². The molecule has 1 heterocycles. The number of hydrogen-bond acceptors (Lipinski definition) is 6. The number of urea groups is 1. The highest BCUT2D eigenvalue weighted by atomic mass is 16.6. The molecule has 0 unspecified atom stereocenters. The van der Waals surface area contributed by atoms with E-state index in [9.17, 15) is 14.4 Å². The number of carbonyl (C=O) groups excluding carboxylic acids is 3. The quantitative estimate of drug-likeness (QED) is 0.457. The van der Waals surface area contributed by atoms with Gasteiger partial charge in [-0.05, 0) is 30.7 Å². The van der Waals surface area contributed by atoms with Crippen molar-refractivity contribution in [3.8, 4) is 11.5 Å². The van der Waals surface area contributed by atoms with E-state index in [0.717, 1.165) is 0 Å². The Bertz CT molecular complexity index is 668. The Kier molecular flexibility index (Phi) is 5.19. The van der Waals surface area contributed by atoms with E-state index < -0.39 is 17.9 Å². The van der Waals surface area contributed by atoms with Crippen LogP contribution in [0.5, 0.6) is 11.5 Å². The van der Waals surface area contributed by atoms with Gasteiger partial charge in [-0.1, -0.05) is 6.07 Å². The number of rotatable bonds is 6. The van der Waals surface area contributed by atoms with Gasteiger partial charge in [-0.15, -0.1) is 0 Å². The Morgan fingerprint density at radius 2 is 2.00 bits per heavy atom. The van der Waals surface area contributed by atoms with Gasteiger partial charge in [0.15, 0.2) is 18.1 Å². The summed E-state index contributed by atoms with van der Waals surface area (Å²) in [5.41, 5.74) is 0.759. The molecule has 0 aliphatic carbocycles. The third-order valence-electron chi connectivity index (χ3n) is 2.87. The number of hydrogen-bond donors (Lipinski definition) is 2. The first-order valence-electron chi connectivity index (χ1n) is 6.84. The summed E-state index contributed by atoms with van der Waals surface area (Å²) in [6, 6.07) is 4.31. The minimum absolute atomic E-state index is 0.136. The Labute approximate surface area is 132 Å². The van der Waals surface area contributed by atoms with Gasteiger partial charge in [-0.25, -0.2) is 9.59 Å². The number of imide groups is 1. The Morgan fingerprint density at radius 3 is 2.61 bits per heavy atom. The molecule has 8 nitrogen and oxygen atoms in total. The van der Waals surface area contributed by atoms with E-state index in [1.54, 1.807) is 25.1 Å². The zero-order chi connectivity index (χ0) is 16.8. The molecule has 0 bridgehead atoms. The number of benzene rings is 1. The standard InChI is InChI=1S/C15H16N2O6/c1-3-22-13(18)8-23-11-5-4-9(7-12(11)21-2)6-10-14(19)17-15(20)16-10/h4-7H,3,8H2,1-2H3,(H2,16,17,19,20)/b10-6+. The third-order valence-corrected chi connectivity index (χ3v) is 2.87. The van der Waals surface area contributed by atoms with Crippen molar-refractivity contribution in [1.29, 1.82) is 0 Å². The van der Waals surface area contributed by atoms with Crippen molar-refractivity contribution in [1.82, 2.24) is 10.6 Å². The van der Waals surface area contributed by atoms with Crippen LogP contribution in [0.25, 0.3) is 6.08 Å². The highest BCUT2D eigenvalue weighted by molar-refractivity contribution is 6.14. The van der Waals surface area contributed by atoms with Crippen molar-refractivity contribution in [3.63, 3.8) is 0 Å². The minimum Gasteiger partial charge on any atom is -0.493 e. The molecule has 0 aromatic heterocycles. The lowest BCUT2D eigenvalue weighted by atomic mass is 10.1. The van der Waals surface area contributed by atoms with Gasteiger partial charge in [-0.2, -0.15) is 0 Å². The molecule has 0 saturated carbocycles. The van der Waals surface area contributed by atoms with Crippen molar-refractivity contribution >= 4 is 24.0 Å². The second-order valence-electron chi connectivity index (χ2n) is 4.47. The van der Waals surface area contributed by atoms with E-state index in [1.165, 1.54) is 13.2 Å². The van der Waals surface area contributed by atoms with Gasteiger partial charge >= 0.3 is 12.0 Å². The zero-order valence-corrected chi connectivity index (χ0v) is 12.7. The van der Waals surface area contributed by atoms with Gasteiger partial charge < -0.3 is 19.5 Å². The molecule has 8 heteroatoms. The van der Waals surface area contributed by atoms with Crippen LogP contribution in [0.4, 0.5) is 4.79 Å². The summed E-state index contributed by atoms with van der Waals surface area (Å²) in [5.74, 6) is -0.237. The monoisotopic (exact) mass is 320 g/mol. The molecule has 0 atom stereocenters. The summed E-state index contributed by atoms with van der Waals surface area (Å²) in [5, 5.41) is 4.49. The molecule has 2 N–H and O–H groups in total. The third kappa shape index (κ3) is 4.22. The Balaban J connectivity index is 2.13. The maximum absolute atomic E-state index is 11.5. The number of methoxy groups -OCH3 is 1. The number of esters is 1. The van der Waals surface area contributed by atoms with E-state index in [2.05, 4.69) is 10.6 Å². The van der Waals surface area contributed by atoms with Crippen LogP contribution in [0.3, 0.4) is 0 Å². The van der Waals surface area contributed by atoms with Crippen LogP contribution >= 0.6 is 0 Å². The number of amides is 3. The van der Waals surface area contributed by atoms with Gasteiger partial charge in [0.25, 0.3) is 5.91 Å². The fraction of sp³-hybridized carbons (Fsp3) is 0.267. The topological polar surface area (TPSA) is 103 Å². The summed E-state index contributed by atoms with van der Waals surface area (Å²) < 4.78 is 15.3. The molecule has 0 spiro atoms. The fourth-order valence-corrected chi connectivity index (χ4v) is 1.88. The molecule has 122 valence electrons. The van der Waals surface area contributed by atoms with Crippen LogP contribution in [0.2, 0.25) is 0 Å². The van der Waals surface area contributed by atoms with E-state index >= 15 is 0 Å². The van der Waals surface area contributed by atoms with E-state index in [4.69, 9.17) is 14.2 Å². The molecule has 1 aliphatic rings. The predicted molar refractivity (Wildman–Crippen MR) is 79.8 cm³/mol. The molecule has 1 saturated heterocycles. The summed E-state index contributed by atoms with van der Waals surface area (Å²) >= 11 is 0. The molecule has 3 amide bonds. The SMILES string of the molecule is CCOC(=O)COc1ccc(/C=C2/NC(=O)NC2=O)cc1OC. The van der Waals surface area contributed by atoms with Gasteiger partial charge in [0, 0.05) is 0 Å². The summed E-state index contributed by atoms with van der Waals surface area (Å²) in [6.07, 6.45) is 1.50. The summed E-state index contributed by atoms with van der Waals surface area (Å²) in [7, 11) is 1.45. The van der Waals surface area contributed by atoms with E-state index in [-0.39, 0.29) is 18.9 Å². The van der Waals surface area contributed by atoms with Crippen molar-refractivity contribution in [3.05, 3.63) is 29.5 Å². The zero-order valence-electron chi connectivity index (χ0n) is 12.7. The maximum atomic E-state index is 11.5. The van der Waals surface area contributed by atoms with Crippen LogP contribution in [0.1, 0.15) is 12.5 Å². The first-order chi connectivity index (χ1) is 11.0.